The number of oxime groups is 1. The van der Waals surface area contributed by atoms with Gasteiger partial charge >= 0.3 is 5.97 Å². The molecule has 1 saturated heterocycles. The molecule has 4 rings (SSSR count). The molecule has 0 bridgehead atoms. The van der Waals surface area contributed by atoms with Crippen LogP contribution in [0.4, 0.5) is 5.13 Å². The molecule has 12 nitrogen and oxygen atoms in total. The second-order valence-electron chi connectivity index (χ2n) is 6.61. The number of hydrogen-bond donors (Lipinski definition) is 5. The number of aromatic nitrogens is 2. The van der Waals surface area contributed by atoms with E-state index >= 15 is 0 Å². The van der Waals surface area contributed by atoms with Crippen molar-refractivity contribution in [2.45, 2.75) is 11.4 Å². The van der Waals surface area contributed by atoms with Gasteiger partial charge in [0.2, 0.25) is 0 Å². The maximum Gasteiger partial charge on any atom is 0.352 e. The summed E-state index contributed by atoms with van der Waals surface area (Å²) in [5.74, 6) is -2.62. The van der Waals surface area contributed by atoms with Crippen molar-refractivity contribution in [3.63, 3.8) is 0 Å². The number of nitrogens with one attached hydrogen (secondary N) is 2. The number of hydrogen-bond acceptors (Lipinski definition) is 11. The fourth-order valence-corrected chi connectivity index (χ4v) is 6.03. The number of halogens is 1. The molecule has 0 aliphatic carbocycles. The largest absolute Gasteiger partial charge is 0.477 e. The SMILES string of the molecule is Nc1nc(/C(=N/O)C(=O)N[C@@H]2C(=O)N3C(C(=O)O)=C(/C=C/c4cc(=O)[nH]s4)CS[C@H]23)c(Cl)s1. The summed E-state index contributed by atoms with van der Waals surface area (Å²) >= 11 is 9.18. The van der Waals surface area contributed by atoms with E-state index < -0.39 is 34.9 Å². The topological polar surface area (TPSA) is 191 Å². The number of β-lactam (4-membered cyclic amide) rings is 1. The van der Waals surface area contributed by atoms with Gasteiger partial charge in [0.05, 0.1) is 0 Å². The highest BCUT2D eigenvalue weighted by Crippen LogP contribution is 2.41. The van der Waals surface area contributed by atoms with Gasteiger partial charge in [-0.1, -0.05) is 45.7 Å². The number of amides is 2. The van der Waals surface area contributed by atoms with E-state index in [2.05, 4.69) is 19.8 Å². The van der Waals surface area contributed by atoms with Crippen LogP contribution >= 0.6 is 46.2 Å². The van der Waals surface area contributed by atoms with Crippen LogP contribution in [0, 0.1) is 0 Å². The number of aliphatic carboxylic acids is 1. The standard InChI is InChI=1S/C17H13ClN6O6S3/c18-12-8(21-17(19)32-12)9(22-30)13(26)20-10-14(27)24-11(16(28)29)5(4-31-15(10)24)1-2-6-3-7(25)23-33-6/h1-3,10,15,30H,4H2,(H2,19,21)(H,20,26)(H,23,25)(H,28,29)/b2-1+,22-9-/t10-,15-/m1/s1. The number of carboxylic acids is 1. The van der Waals surface area contributed by atoms with E-state index in [1.54, 1.807) is 6.08 Å². The van der Waals surface area contributed by atoms with Crippen molar-refractivity contribution in [1.29, 1.82) is 0 Å². The first-order chi connectivity index (χ1) is 15.7. The first-order valence-corrected chi connectivity index (χ1v) is 12.0. The average Bonchev–Trinajstić information content (AvgIpc) is 3.34. The molecule has 0 radical (unpaired) electrons. The number of allylic oxidation sites excluding steroid dienone is 1. The van der Waals surface area contributed by atoms with E-state index in [4.69, 9.17) is 17.3 Å². The van der Waals surface area contributed by atoms with Crippen LogP contribution in [0.5, 0.6) is 0 Å². The lowest BCUT2D eigenvalue weighted by atomic mass is 10.0. The summed E-state index contributed by atoms with van der Waals surface area (Å²) in [6.07, 6.45) is 3.12. The molecule has 0 aromatic carbocycles. The Labute approximate surface area is 201 Å². The molecule has 1 fully saturated rings. The number of carboxylic acid groups (broad SMARTS) is 1. The molecule has 2 aliphatic heterocycles. The third-order valence-electron chi connectivity index (χ3n) is 4.62. The van der Waals surface area contributed by atoms with E-state index in [1.807, 2.05) is 0 Å². The average molecular weight is 529 g/mol. The third kappa shape index (κ3) is 4.27. The molecule has 0 saturated carbocycles. The number of nitrogens with zero attached hydrogens (tertiary/aromatic N) is 3. The van der Waals surface area contributed by atoms with Gasteiger partial charge in [0.25, 0.3) is 17.4 Å². The Balaban J connectivity index is 1.54. The monoisotopic (exact) mass is 528 g/mol. The fraction of sp³-hybridized carbons (Fsp3) is 0.176. The summed E-state index contributed by atoms with van der Waals surface area (Å²) in [6, 6.07) is 0.313. The first-order valence-electron chi connectivity index (χ1n) is 8.94. The highest BCUT2D eigenvalue weighted by Gasteiger charge is 2.54. The van der Waals surface area contributed by atoms with Gasteiger partial charge in [-0.05, 0) is 11.6 Å². The van der Waals surface area contributed by atoms with Gasteiger partial charge in [0.15, 0.2) is 10.8 Å². The molecular weight excluding hydrogens is 516 g/mol. The van der Waals surface area contributed by atoms with E-state index in [1.165, 1.54) is 23.9 Å². The number of carbonyl (C=O) groups is 3. The van der Waals surface area contributed by atoms with Crippen molar-refractivity contribution in [3.05, 3.63) is 48.7 Å². The molecule has 2 aromatic heterocycles. The number of nitrogen functional groups attached to an aromatic ring is 1. The van der Waals surface area contributed by atoms with Crippen molar-refractivity contribution in [3.8, 4) is 0 Å². The van der Waals surface area contributed by atoms with Gasteiger partial charge < -0.3 is 21.4 Å². The first kappa shape index (κ1) is 23.0. The van der Waals surface area contributed by atoms with Gasteiger partial charge in [-0.3, -0.25) is 23.7 Å². The Morgan fingerprint density at radius 3 is 2.73 bits per heavy atom. The van der Waals surface area contributed by atoms with E-state index in [-0.39, 0.29) is 32.2 Å². The zero-order valence-corrected chi connectivity index (χ0v) is 19.3. The maximum atomic E-state index is 12.8. The maximum absolute atomic E-state index is 12.8. The Kier molecular flexibility index (Phi) is 6.29. The van der Waals surface area contributed by atoms with E-state index in [0.29, 0.717) is 10.5 Å². The lowest BCUT2D eigenvalue weighted by Crippen LogP contribution is -2.71. The van der Waals surface area contributed by atoms with Crippen molar-refractivity contribution in [1.82, 2.24) is 19.6 Å². The second kappa shape index (κ2) is 9.01. The summed E-state index contributed by atoms with van der Waals surface area (Å²) in [7, 11) is 0. The van der Waals surface area contributed by atoms with Gasteiger partial charge in [0, 0.05) is 16.7 Å². The molecule has 2 aromatic rings. The minimum atomic E-state index is -1.30. The number of aromatic amines is 1. The second-order valence-corrected chi connectivity index (χ2v) is 10.2. The number of carbonyl (C=O) groups excluding carboxylic acids is 2. The molecule has 172 valence electrons. The van der Waals surface area contributed by atoms with Gasteiger partial charge in [-0.25, -0.2) is 9.78 Å². The predicted molar refractivity (Wildman–Crippen MR) is 124 cm³/mol. The van der Waals surface area contributed by atoms with Crippen molar-refractivity contribution in [2.24, 2.45) is 5.16 Å². The van der Waals surface area contributed by atoms with Crippen LogP contribution in [0.1, 0.15) is 10.6 Å². The predicted octanol–water partition coefficient (Wildman–Crippen LogP) is 0.759. The molecule has 6 N–H and O–H groups in total. The molecule has 2 atom stereocenters. The van der Waals surface area contributed by atoms with Crippen LogP contribution < -0.4 is 16.6 Å². The minimum Gasteiger partial charge on any atom is -0.477 e. The lowest BCUT2D eigenvalue weighted by molar-refractivity contribution is -0.150. The van der Waals surface area contributed by atoms with Crippen LogP contribution in [0.25, 0.3) is 6.08 Å². The van der Waals surface area contributed by atoms with Crippen molar-refractivity contribution >= 4 is 80.9 Å². The van der Waals surface area contributed by atoms with Crippen molar-refractivity contribution in [2.75, 3.05) is 11.5 Å². The van der Waals surface area contributed by atoms with Crippen LogP contribution in [-0.4, -0.2) is 65.2 Å². The number of thioether (sulfide) groups is 1. The number of rotatable bonds is 6. The lowest BCUT2D eigenvalue weighted by Gasteiger charge is -2.49. The van der Waals surface area contributed by atoms with E-state index in [9.17, 15) is 29.5 Å². The number of anilines is 1. The van der Waals surface area contributed by atoms with Crippen LogP contribution in [0.2, 0.25) is 4.34 Å². The molecule has 33 heavy (non-hydrogen) atoms. The molecule has 4 heterocycles. The molecular formula is C17H13ClN6O6S3. The Morgan fingerprint density at radius 2 is 2.15 bits per heavy atom. The molecule has 2 aliphatic rings. The van der Waals surface area contributed by atoms with Crippen LogP contribution in [0.15, 0.2) is 33.4 Å². The third-order valence-corrected chi connectivity index (χ3v) is 7.80. The Morgan fingerprint density at radius 1 is 1.39 bits per heavy atom. The summed E-state index contributed by atoms with van der Waals surface area (Å²) in [4.78, 5) is 54.1. The van der Waals surface area contributed by atoms with Gasteiger partial charge in [-0.2, -0.15) is 0 Å². The zero-order valence-electron chi connectivity index (χ0n) is 16.1. The number of nitrogens with two attached hydrogens (primary N) is 1. The summed E-state index contributed by atoms with van der Waals surface area (Å²) < 4.78 is 2.56. The summed E-state index contributed by atoms with van der Waals surface area (Å²) in [6.45, 7) is 0. The Bertz CT molecular complexity index is 1310. The molecule has 0 spiro atoms. The van der Waals surface area contributed by atoms with Crippen LogP contribution in [0.3, 0.4) is 0 Å². The fourth-order valence-electron chi connectivity index (χ4n) is 3.21. The quantitative estimate of drug-likeness (QED) is 0.156. The van der Waals surface area contributed by atoms with Gasteiger partial charge in [-0.15, -0.1) is 11.8 Å². The highest BCUT2D eigenvalue weighted by atomic mass is 35.5. The number of thiazole rings is 1. The summed E-state index contributed by atoms with van der Waals surface area (Å²) in [5, 5.41) is 23.7. The van der Waals surface area contributed by atoms with Crippen molar-refractivity contribution < 1.29 is 24.7 Å². The molecule has 16 heteroatoms. The minimum absolute atomic E-state index is 0.0315. The van der Waals surface area contributed by atoms with Crippen LogP contribution in [-0.2, 0) is 14.4 Å². The smallest absolute Gasteiger partial charge is 0.352 e. The Hall–Kier alpha value is -3.14. The van der Waals surface area contributed by atoms with E-state index in [0.717, 1.165) is 27.8 Å². The van der Waals surface area contributed by atoms with Gasteiger partial charge in [0.1, 0.15) is 27.1 Å². The normalized spacial score (nSPS) is 20.7. The highest BCUT2D eigenvalue weighted by molar-refractivity contribution is 8.00. The molecule has 2 amide bonds. The number of fused-ring (bicyclic) bond motifs is 1. The summed E-state index contributed by atoms with van der Waals surface area (Å²) in [5.41, 5.74) is 4.79. The number of H-pyrrole nitrogens is 1. The molecule has 0 unspecified atom stereocenters. The zero-order chi connectivity index (χ0) is 23.9.